The second-order valence-corrected chi connectivity index (χ2v) is 5.05. The maximum absolute atomic E-state index is 5.77. The molecular weight excluding hydrogens is 224 g/mol. The molecule has 0 N–H and O–H groups in total. The summed E-state index contributed by atoms with van der Waals surface area (Å²) < 4.78 is 11.5. The van der Waals surface area contributed by atoms with Gasteiger partial charge in [-0.3, -0.25) is 0 Å². The van der Waals surface area contributed by atoms with E-state index in [1.807, 2.05) is 0 Å². The molecule has 0 bridgehead atoms. The van der Waals surface area contributed by atoms with Gasteiger partial charge in [-0.05, 0) is 39.7 Å². The van der Waals surface area contributed by atoms with Crippen LogP contribution in [0, 0.1) is 0 Å². The van der Waals surface area contributed by atoms with Crippen LogP contribution in [0.3, 0.4) is 0 Å². The predicted molar refractivity (Wildman–Crippen MR) is 76.5 cm³/mol. The van der Waals surface area contributed by atoms with Gasteiger partial charge < -0.3 is 9.47 Å². The van der Waals surface area contributed by atoms with E-state index >= 15 is 0 Å². The predicted octanol–water partition coefficient (Wildman–Crippen LogP) is 4.39. The maximum Gasteiger partial charge on any atom is 0.188 e. The quantitative estimate of drug-likeness (QED) is 0.514. The van der Waals surface area contributed by atoms with E-state index in [1.54, 1.807) is 0 Å². The van der Waals surface area contributed by atoms with Crippen molar-refractivity contribution in [1.82, 2.24) is 0 Å². The lowest BCUT2D eigenvalue weighted by Gasteiger charge is -2.23. The average molecular weight is 250 g/mol. The summed E-state index contributed by atoms with van der Waals surface area (Å²) in [6.07, 6.45) is 11.4. The molecule has 0 radical (unpaired) electrons. The van der Waals surface area contributed by atoms with E-state index in [4.69, 9.17) is 9.47 Å². The second-order valence-electron chi connectivity index (χ2n) is 5.05. The van der Waals surface area contributed by atoms with Crippen LogP contribution in [0.25, 0.3) is 0 Å². The number of rotatable bonds is 6. The van der Waals surface area contributed by atoms with Crippen LogP contribution < -0.4 is 0 Å². The molecule has 0 saturated carbocycles. The normalized spacial score (nSPS) is 19.4. The Hall–Kier alpha value is -0.860. The fourth-order valence-corrected chi connectivity index (χ4v) is 1.83. The van der Waals surface area contributed by atoms with Crippen LogP contribution in [0.4, 0.5) is 0 Å². The van der Waals surface area contributed by atoms with Gasteiger partial charge in [-0.15, -0.1) is 0 Å². The van der Waals surface area contributed by atoms with Gasteiger partial charge in [0.05, 0.1) is 13.2 Å². The van der Waals surface area contributed by atoms with Gasteiger partial charge >= 0.3 is 0 Å². The third-order valence-electron chi connectivity index (χ3n) is 3.11. The molecule has 102 valence electrons. The minimum absolute atomic E-state index is 0.504. The highest BCUT2D eigenvalue weighted by Gasteiger charge is 2.32. The van der Waals surface area contributed by atoms with Crippen LogP contribution in [0.5, 0.6) is 0 Å². The second kappa shape index (κ2) is 7.55. The molecule has 2 nitrogen and oxygen atoms in total. The summed E-state index contributed by atoms with van der Waals surface area (Å²) in [6.45, 7) is 9.91. The van der Waals surface area contributed by atoms with Gasteiger partial charge in [-0.25, -0.2) is 0 Å². The molecule has 2 heteroatoms. The van der Waals surface area contributed by atoms with E-state index in [0.29, 0.717) is 13.2 Å². The van der Waals surface area contributed by atoms with Crippen LogP contribution in [0.15, 0.2) is 35.5 Å². The Labute approximate surface area is 111 Å². The zero-order valence-corrected chi connectivity index (χ0v) is 12.2. The zero-order valence-electron chi connectivity index (χ0n) is 12.2. The standard InChI is InChI=1S/C16H26O2/c1-5-15(4)9-7-11-16(17-12-13-18-16)10-6-8-14(2)3/h7-9,11H,5-6,10,12-13H2,1-4H3. The smallest absolute Gasteiger partial charge is 0.188 e. The first-order valence-corrected chi connectivity index (χ1v) is 6.84. The molecule has 0 aromatic heterocycles. The van der Waals surface area contributed by atoms with E-state index in [-0.39, 0.29) is 0 Å². The molecule has 0 spiro atoms. The highest BCUT2D eigenvalue weighted by Crippen LogP contribution is 2.27. The molecule has 0 atom stereocenters. The van der Waals surface area contributed by atoms with Crippen LogP contribution in [-0.2, 0) is 9.47 Å². The minimum Gasteiger partial charge on any atom is -0.344 e. The largest absolute Gasteiger partial charge is 0.344 e. The molecule has 1 fully saturated rings. The Bertz CT molecular complexity index is 327. The van der Waals surface area contributed by atoms with Crippen LogP contribution in [0.2, 0.25) is 0 Å². The van der Waals surface area contributed by atoms with Crippen LogP contribution in [-0.4, -0.2) is 19.0 Å². The van der Waals surface area contributed by atoms with Crippen molar-refractivity contribution in [2.24, 2.45) is 0 Å². The third kappa shape index (κ3) is 5.19. The van der Waals surface area contributed by atoms with E-state index in [0.717, 1.165) is 19.3 Å². The van der Waals surface area contributed by atoms with Crippen molar-refractivity contribution in [3.63, 3.8) is 0 Å². The van der Waals surface area contributed by atoms with Crippen molar-refractivity contribution in [3.8, 4) is 0 Å². The number of hydrogen-bond acceptors (Lipinski definition) is 2. The topological polar surface area (TPSA) is 18.5 Å². The first kappa shape index (κ1) is 15.2. The number of ether oxygens (including phenoxy) is 2. The summed E-state index contributed by atoms with van der Waals surface area (Å²) >= 11 is 0. The number of hydrogen-bond donors (Lipinski definition) is 0. The lowest BCUT2D eigenvalue weighted by atomic mass is 10.1. The van der Waals surface area contributed by atoms with E-state index in [1.165, 1.54) is 11.1 Å². The first-order valence-electron chi connectivity index (χ1n) is 6.84. The molecule has 0 amide bonds. The third-order valence-corrected chi connectivity index (χ3v) is 3.11. The Balaban J connectivity index is 2.60. The van der Waals surface area contributed by atoms with Crippen molar-refractivity contribution >= 4 is 0 Å². The molecule has 0 aromatic carbocycles. The Morgan fingerprint density at radius 3 is 2.39 bits per heavy atom. The highest BCUT2D eigenvalue weighted by molar-refractivity contribution is 5.13. The monoisotopic (exact) mass is 250 g/mol. The lowest BCUT2D eigenvalue weighted by Crippen LogP contribution is -2.26. The van der Waals surface area contributed by atoms with Crippen molar-refractivity contribution in [2.45, 2.75) is 52.7 Å². The molecule has 18 heavy (non-hydrogen) atoms. The van der Waals surface area contributed by atoms with Gasteiger partial charge in [0.2, 0.25) is 0 Å². The summed E-state index contributed by atoms with van der Waals surface area (Å²) in [5.41, 5.74) is 2.71. The van der Waals surface area contributed by atoms with Gasteiger partial charge in [0, 0.05) is 6.42 Å². The zero-order chi connectivity index (χ0) is 13.4. The van der Waals surface area contributed by atoms with E-state index in [9.17, 15) is 0 Å². The molecular formula is C16H26O2. The van der Waals surface area contributed by atoms with Crippen molar-refractivity contribution in [3.05, 3.63) is 35.5 Å². The molecule has 1 aliphatic heterocycles. The van der Waals surface area contributed by atoms with Crippen LogP contribution >= 0.6 is 0 Å². The van der Waals surface area contributed by atoms with Gasteiger partial charge in [0.25, 0.3) is 0 Å². The van der Waals surface area contributed by atoms with Crippen molar-refractivity contribution in [2.75, 3.05) is 13.2 Å². The van der Waals surface area contributed by atoms with Gasteiger partial charge in [-0.1, -0.05) is 36.3 Å². The van der Waals surface area contributed by atoms with Gasteiger partial charge in [0.1, 0.15) is 0 Å². The SMILES string of the molecule is CCC(C)=CC=CC1(CCC=C(C)C)OCCO1. The molecule has 0 unspecified atom stereocenters. The molecule has 0 aliphatic carbocycles. The lowest BCUT2D eigenvalue weighted by molar-refractivity contribution is -0.120. The summed E-state index contributed by atoms with van der Waals surface area (Å²) in [7, 11) is 0. The Kier molecular flexibility index (Phi) is 6.37. The van der Waals surface area contributed by atoms with Crippen molar-refractivity contribution in [1.29, 1.82) is 0 Å². The molecule has 0 aromatic rings. The van der Waals surface area contributed by atoms with Gasteiger partial charge in [0.15, 0.2) is 5.79 Å². The van der Waals surface area contributed by atoms with Crippen LogP contribution in [0.1, 0.15) is 47.0 Å². The molecule has 1 rings (SSSR count). The average Bonchev–Trinajstić information content (AvgIpc) is 2.77. The van der Waals surface area contributed by atoms with Crippen molar-refractivity contribution < 1.29 is 9.47 Å². The Morgan fingerprint density at radius 2 is 1.83 bits per heavy atom. The summed E-state index contributed by atoms with van der Waals surface area (Å²) in [5.74, 6) is -0.504. The molecule has 1 heterocycles. The first-order chi connectivity index (χ1) is 8.58. The van der Waals surface area contributed by atoms with Gasteiger partial charge in [-0.2, -0.15) is 0 Å². The summed E-state index contributed by atoms with van der Waals surface area (Å²) in [6, 6.07) is 0. The fourth-order valence-electron chi connectivity index (χ4n) is 1.83. The van der Waals surface area contributed by atoms with E-state index < -0.39 is 5.79 Å². The highest BCUT2D eigenvalue weighted by atomic mass is 16.7. The molecule has 1 aliphatic rings. The summed E-state index contributed by atoms with van der Waals surface area (Å²) in [4.78, 5) is 0. The fraction of sp³-hybridized carbons (Fsp3) is 0.625. The summed E-state index contributed by atoms with van der Waals surface area (Å²) in [5, 5.41) is 0. The molecule has 1 saturated heterocycles. The number of allylic oxidation sites excluding steroid dienone is 5. The minimum atomic E-state index is -0.504. The van der Waals surface area contributed by atoms with E-state index in [2.05, 4.69) is 52.0 Å². The maximum atomic E-state index is 5.77. The Morgan fingerprint density at radius 1 is 1.17 bits per heavy atom.